The molecule has 0 atom stereocenters. The lowest BCUT2D eigenvalue weighted by molar-refractivity contribution is -0.117. The number of carbonyl (C=O) groups excluding carboxylic acids is 2. The molecule has 2 aromatic carbocycles. The van der Waals surface area contributed by atoms with Crippen LogP contribution in [-0.4, -0.2) is 18.4 Å². The van der Waals surface area contributed by atoms with Crippen LogP contribution in [0.2, 0.25) is 0 Å². The van der Waals surface area contributed by atoms with E-state index in [1.165, 1.54) is 29.2 Å². The van der Waals surface area contributed by atoms with Gasteiger partial charge < -0.3 is 10.6 Å². The van der Waals surface area contributed by atoms with Crippen LogP contribution in [0.4, 0.5) is 10.1 Å². The highest BCUT2D eigenvalue weighted by atomic mass is 19.1. The van der Waals surface area contributed by atoms with Gasteiger partial charge in [0.2, 0.25) is 5.91 Å². The minimum absolute atomic E-state index is 0.0357. The molecule has 5 heteroatoms. The van der Waals surface area contributed by atoms with Crippen molar-refractivity contribution < 1.29 is 14.0 Å². The van der Waals surface area contributed by atoms with Gasteiger partial charge >= 0.3 is 0 Å². The molecule has 0 fully saturated rings. The lowest BCUT2D eigenvalue weighted by Gasteiger charge is -2.23. The summed E-state index contributed by atoms with van der Waals surface area (Å²) in [7, 11) is 0. The van der Waals surface area contributed by atoms with E-state index < -0.39 is 5.91 Å². The molecule has 0 saturated carbocycles. The molecule has 4 nitrogen and oxygen atoms in total. The van der Waals surface area contributed by atoms with Crippen LogP contribution >= 0.6 is 0 Å². The van der Waals surface area contributed by atoms with E-state index in [2.05, 4.69) is 0 Å². The second kappa shape index (κ2) is 7.05. The molecule has 2 aromatic rings. The molecule has 2 amide bonds. The van der Waals surface area contributed by atoms with Gasteiger partial charge in [-0.3, -0.25) is 9.59 Å². The van der Waals surface area contributed by atoms with Crippen LogP contribution in [0.1, 0.15) is 27.9 Å². The predicted octanol–water partition coefficient (Wildman–Crippen LogP) is 2.96. The number of nitrogens with two attached hydrogens (primary N) is 1. The quantitative estimate of drug-likeness (QED) is 0.922. The van der Waals surface area contributed by atoms with Gasteiger partial charge in [0.15, 0.2) is 0 Å². The van der Waals surface area contributed by atoms with E-state index >= 15 is 0 Å². The molecule has 2 rings (SSSR count). The first-order valence-corrected chi connectivity index (χ1v) is 7.31. The number of halogens is 1. The molecule has 0 unspecified atom stereocenters. The molecular formula is C18H19FN2O2. The standard InChI is InChI=1S/C18H19FN2O2/c1-12-3-4-14(11-13(12)2)18(23)21(10-9-17(20)22)16-7-5-15(19)6-8-16/h3-8,11H,9-10H2,1-2H3,(H2,20,22). The maximum Gasteiger partial charge on any atom is 0.258 e. The van der Waals surface area contributed by atoms with E-state index in [0.717, 1.165) is 11.1 Å². The average molecular weight is 314 g/mol. The van der Waals surface area contributed by atoms with Gasteiger partial charge in [0.25, 0.3) is 5.91 Å². The second-order valence-corrected chi connectivity index (χ2v) is 5.45. The average Bonchev–Trinajstić information content (AvgIpc) is 2.51. The first-order chi connectivity index (χ1) is 10.9. The number of anilines is 1. The summed E-state index contributed by atoms with van der Waals surface area (Å²) in [5.74, 6) is -1.13. The number of benzene rings is 2. The number of nitrogens with zero attached hydrogens (tertiary/aromatic N) is 1. The lowest BCUT2D eigenvalue weighted by atomic mass is 10.1. The Morgan fingerprint density at radius 1 is 1.04 bits per heavy atom. The largest absolute Gasteiger partial charge is 0.370 e. The van der Waals surface area contributed by atoms with Crippen molar-refractivity contribution in [3.63, 3.8) is 0 Å². The summed E-state index contributed by atoms with van der Waals surface area (Å²) in [5.41, 5.74) is 8.32. The summed E-state index contributed by atoms with van der Waals surface area (Å²) in [6.07, 6.45) is 0.0357. The van der Waals surface area contributed by atoms with Gasteiger partial charge in [-0.25, -0.2) is 4.39 Å². The molecule has 0 bridgehead atoms. The van der Waals surface area contributed by atoms with Gasteiger partial charge in [-0.15, -0.1) is 0 Å². The van der Waals surface area contributed by atoms with Crippen LogP contribution in [-0.2, 0) is 4.79 Å². The van der Waals surface area contributed by atoms with Crippen molar-refractivity contribution in [2.75, 3.05) is 11.4 Å². The Morgan fingerprint density at radius 2 is 1.70 bits per heavy atom. The van der Waals surface area contributed by atoms with Gasteiger partial charge in [-0.1, -0.05) is 6.07 Å². The molecular weight excluding hydrogens is 295 g/mol. The fourth-order valence-corrected chi connectivity index (χ4v) is 2.22. The zero-order chi connectivity index (χ0) is 17.0. The highest BCUT2D eigenvalue weighted by Gasteiger charge is 2.19. The number of hydrogen-bond donors (Lipinski definition) is 1. The molecule has 0 radical (unpaired) electrons. The second-order valence-electron chi connectivity index (χ2n) is 5.45. The van der Waals surface area contributed by atoms with Crippen LogP contribution in [0.5, 0.6) is 0 Å². The summed E-state index contributed by atoms with van der Waals surface area (Å²) in [6.45, 7) is 4.04. The molecule has 23 heavy (non-hydrogen) atoms. The highest BCUT2D eigenvalue weighted by Crippen LogP contribution is 2.20. The summed E-state index contributed by atoms with van der Waals surface area (Å²) in [6, 6.07) is 11.0. The van der Waals surface area contributed by atoms with E-state index in [-0.39, 0.29) is 24.7 Å². The van der Waals surface area contributed by atoms with Crippen molar-refractivity contribution in [3.05, 3.63) is 65.0 Å². The molecule has 0 aliphatic rings. The summed E-state index contributed by atoms with van der Waals surface area (Å²) >= 11 is 0. The maximum absolute atomic E-state index is 13.1. The number of rotatable bonds is 5. The van der Waals surface area contributed by atoms with E-state index in [1.54, 1.807) is 12.1 Å². The topological polar surface area (TPSA) is 63.4 Å². The van der Waals surface area contributed by atoms with Crippen LogP contribution in [0.3, 0.4) is 0 Å². The van der Waals surface area contributed by atoms with Gasteiger partial charge in [0.05, 0.1) is 0 Å². The SMILES string of the molecule is Cc1ccc(C(=O)N(CCC(N)=O)c2ccc(F)cc2)cc1C. The van der Waals surface area contributed by atoms with Crippen LogP contribution < -0.4 is 10.6 Å². The fraction of sp³-hybridized carbons (Fsp3) is 0.222. The predicted molar refractivity (Wildman–Crippen MR) is 87.8 cm³/mol. The third-order valence-corrected chi connectivity index (χ3v) is 3.72. The number of carbonyl (C=O) groups is 2. The van der Waals surface area contributed by atoms with Gasteiger partial charge in [0, 0.05) is 24.2 Å². The molecule has 0 saturated heterocycles. The summed E-state index contributed by atoms with van der Waals surface area (Å²) < 4.78 is 13.1. The first-order valence-electron chi connectivity index (χ1n) is 7.31. The number of primary amides is 1. The van der Waals surface area contributed by atoms with Crippen LogP contribution in [0.25, 0.3) is 0 Å². The molecule has 0 aliphatic carbocycles. The Balaban J connectivity index is 2.35. The normalized spacial score (nSPS) is 10.4. The zero-order valence-electron chi connectivity index (χ0n) is 13.2. The smallest absolute Gasteiger partial charge is 0.258 e. The van der Waals surface area contributed by atoms with E-state index in [9.17, 15) is 14.0 Å². The van der Waals surface area contributed by atoms with Crippen molar-refractivity contribution in [1.82, 2.24) is 0 Å². The highest BCUT2D eigenvalue weighted by molar-refractivity contribution is 6.06. The number of amides is 2. The third kappa shape index (κ3) is 4.16. The van der Waals surface area contributed by atoms with Gasteiger partial charge in [-0.05, 0) is 61.4 Å². The molecule has 0 aliphatic heterocycles. The fourth-order valence-electron chi connectivity index (χ4n) is 2.22. The Kier molecular flexibility index (Phi) is 5.11. The molecule has 2 N–H and O–H groups in total. The zero-order valence-corrected chi connectivity index (χ0v) is 13.2. The Bertz CT molecular complexity index is 726. The molecule has 120 valence electrons. The molecule has 0 aromatic heterocycles. The van der Waals surface area contributed by atoms with E-state index in [4.69, 9.17) is 5.73 Å². The summed E-state index contributed by atoms with van der Waals surface area (Å²) in [5, 5.41) is 0. The Labute approximate surface area is 134 Å². The third-order valence-electron chi connectivity index (χ3n) is 3.72. The number of hydrogen-bond acceptors (Lipinski definition) is 2. The molecule has 0 spiro atoms. The molecule has 0 heterocycles. The van der Waals surface area contributed by atoms with E-state index in [0.29, 0.717) is 11.3 Å². The lowest BCUT2D eigenvalue weighted by Crippen LogP contribution is -2.34. The summed E-state index contributed by atoms with van der Waals surface area (Å²) in [4.78, 5) is 25.3. The minimum Gasteiger partial charge on any atom is -0.370 e. The first kappa shape index (κ1) is 16.7. The van der Waals surface area contributed by atoms with Crippen molar-refractivity contribution in [3.8, 4) is 0 Å². The van der Waals surface area contributed by atoms with Crippen molar-refractivity contribution in [1.29, 1.82) is 0 Å². The monoisotopic (exact) mass is 314 g/mol. The Morgan fingerprint density at radius 3 is 2.26 bits per heavy atom. The van der Waals surface area contributed by atoms with E-state index in [1.807, 2.05) is 19.9 Å². The van der Waals surface area contributed by atoms with Crippen molar-refractivity contribution in [2.45, 2.75) is 20.3 Å². The van der Waals surface area contributed by atoms with Gasteiger partial charge in [-0.2, -0.15) is 0 Å². The van der Waals surface area contributed by atoms with Crippen LogP contribution in [0.15, 0.2) is 42.5 Å². The Hall–Kier alpha value is -2.69. The minimum atomic E-state index is -0.495. The van der Waals surface area contributed by atoms with Crippen LogP contribution in [0, 0.1) is 19.7 Å². The van der Waals surface area contributed by atoms with Crippen molar-refractivity contribution >= 4 is 17.5 Å². The van der Waals surface area contributed by atoms with Gasteiger partial charge in [0.1, 0.15) is 5.82 Å². The maximum atomic E-state index is 13.1. The van der Waals surface area contributed by atoms with Crippen molar-refractivity contribution in [2.24, 2.45) is 5.73 Å². The number of aryl methyl sites for hydroxylation is 2.